The first kappa shape index (κ1) is 26.1. The van der Waals surface area contributed by atoms with E-state index in [4.69, 9.17) is 10.7 Å². The number of carbonyl (C=O) groups is 1. The minimum absolute atomic E-state index is 0.272. The van der Waals surface area contributed by atoms with Crippen molar-refractivity contribution in [3.8, 4) is 0 Å². The number of hydrogen-bond donors (Lipinski definition) is 2. The number of anilines is 4. The van der Waals surface area contributed by atoms with Crippen molar-refractivity contribution in [1.29, 1.82) is 0 Å². The van der Waals surface area contributed by atoms with E-state index < -0.39 is 11.4 Å². The third kappa shape index (κ3) is 4.63. The SMILES string of the molecule is Nc1cc2c(=O)c(C(=O)O)cn(N3CCN(c4ccccn4)CC3)c2cc1N1CCN(c2nc3ccccc3s2)CC1. The zero-order valence-corrected chi connectivity index (χ0v) is 23.7. The third-order valence-corrected chi connectivity index (χ3v) is 9.17. The molecule has 42 heavy (non-hydrogen) atoms. The van der Waals surface area contributed by atoms with Crippen molar-refractivity contribution in [3.05, 3.63) is 82.8 Å². The standard InChI is InChI=1S/C30H30N8O3S/c31-22-17-20-24(18-25(22)34-9-11-36(12-10-34)30-33-23-5-1-2-6-26(23)42-30)38(19-21(28(20)39)29(40)41)37-15-13-35(14-16-37)27-7-3-4-8-32-27/h1-8,17-19H,9-16,31H2,(H,40,41). The molecule has 2 aromatic carbocycles. The number of piperazine rings is 2. The first-order valence-electron chi connectivity index (χ1n) is 13.9. The van der Waals surface area contributed by atoms with Gasteiger partial charge in [-0.2, -0.15) is 0 Å². The van der Waals surface area contributed by atoms with E-state index >= 15 is 0 Å². The van der Waals surface area contributed by atoms with Crippen molar-refractivity contribution in [2.75, 3.05) is 77.8 Å². The fourth-order valence-corrected chi connectivity index (χ4v) is 6.85. The minimum Gasteiger partial charge on any atom is -0.477 e. The van der Waals surface area contributed by atoms with Crippen LogP contribution >= 0.6 is 11.3 Å². The summed E-state index contributed by atoms with van der Waals surface area (Å²) in [5.41, 5.74) is 8.69. The number of thiazole rings is 1. The molecular weight excluding hydrogens is 552 g/mol. The van der Waals surface area contributed by atoms with Gasteiger partial charge in [0.2, 0.25) is 5.43 Å². The zero-order valence-electron chi connectivity index (χ0n) is 22.9. The quantitative estimate of drug-likeness (QED) is 0.299. The Bertz CT molecular complexity index is 1810. The molecule has 2 aliphatic rings. The maximum Gasteiger partial charge on any atom is 0.341 e. The molecule has 0 bridgehead atoms. The van der Waals surface area contributed by atoms with Crippen LogP contribution in [0.4, 0.5) is 22.3 Å². The summed E-state index contributed by atoms with van der Waals surface area (Å²) in [5.74, 6) is -0.343. The molecule has 5 heterocycles. The Morgan fingerprint density at radius 1 is 0.881 bits per heavy atom. The van der Waals surface area contributed by atoms with E-state index in [9.17, 15) is 14.7 Å². The molecule has 0 atom stereocenters. The van der Waals surface area contributed by atoms with Gasteiger partial charge in [0, 0.05) is 51.7 Å². The summed E-state index contributed by atoms with van der Waals surface area (Å²) in [6, 6.07) is 17.6. The van der Waals surface area contributed by atoms with Crippen LogP contribution in [-0.4, -0.2) is 78.1 Å². The molecular formula is C30H30N8O3S. The Kier molecular flexibility index (Phi) is 6.54. The number of carboxylic acids is 1. The lowest BCUT2D eigenvalue weighted by Crippen LogP contribution is -2.52. The second kappa shape index (κ2) is 10.5. The molecule has 7 rings (SSSR count). The third-order valence-electron chi connectivity index (χ3n) is 8.07. The normalized spacial score (nSPS) is 16.0. The van der Waals surface area contributed by atoms with Crippen molar-refractivity contribution in [2.45, 2.75) is 0 Å². The van der Waals surface area contributed by atoms with Gasteiger partial charge in [-0.05, 0) is 36.4 Å². The lowest BCUT2D eigenvalue weighted by Gasteiger charge is -2.39. The molecule has 0 unspecified atom stereocenters. The smallest absolute Gasteiger partial charge is 0.341 e. The van der Waals surface area contributed by atoms with Crippen LogP contribution in [0.25, 0.3) is 21.1 Å². The molecule has 5 aromatic rings. The molecule has 11 nitrogen and oxygen atoms in total. The highest BCUT2D eigenvalue weighted by molar-refractivity contribution is 7.22. The second-order valence-electron chi connectivity index (χ2n) is 10.5. The van der Waals surface area contributed by atoms with Crippen molar-refractivity contribution in [1.82, 2.24) is 14.6 Å². The van der Waals surface area contributed by atoms with Gasteiger partial charge in [-0.1, -0.05) is 29.5 Å². The minimum atomic E-state index is -1.25. The number of para-hydroxylation sites is 1. The Balaban J connectivity index is 1.18. The van der Waals surface area contributed by atoms with Gasteiger partial charge in [0.25, 0.3) is 0 Å². The Morgan fingerprint density at radius 2 is 1.60 bits per heavy atom. The first-order chi connectivity index (χ1) is 20.5. The van der Waals surface area contributed by atoms with E-state index in [0.717, 1.165) is 48.3 Å². The Labute approximate surface area is 245 Å². The molecule has 0 spiro atoms. The van der Waals surface area contributed by atoms with Crippen LogP contribution in [0.3, 0.4) is 0 Å². The van der Waals surface area contributed by atoms with Crippen LogP contribution < -0.4 is 30.9 Å². The highest BCUT2D eigenvalue weighted by atomic mass is 32.1. The number of nitrogens with zero attached hydrogens (tertiary/aromatic N) is 7. The van der Waals surface area contributed by atoms with Gasteiger partial charge in [-0.25, -0.2) is 14.8 Å². The fraction of sp³-hybridized carbons (Fsp3) is 0.267. The monoisotopic (exact) mass is 582 g/mol. The van der Waals surface area contributed by atoms with Crippen LogP contribution in [0.5, 0.6) is 0 Å². The van der Waals surface area contributed by atoms with Crippen LogP contribution in [0.1, 0.15) is 10.4 Å². The summed E-state index contributed by atoms with van der Waals surface area (Å²) in [5, 5.41) is 13.2. The van der Waals surface area contributed by atoms with Gasteiger partial charge >= 0.3 is 5.97 Å². The van der Waals surface area contributed by atoms with Gasteiger partial charge in [0.05, 0.1) is 45.6 Å². The van der Waals surface area contributed by atoms with E-state index in [2.05, 4.69) is 30.8 Å². The molecule has 3 N–H and O–H groups in total. The number of rotatable bonds is 5. The lowest BCUT2D eigenvalue weighted by molar-refractivity contribution is 0.0694. The van der Waals surface area contributed by atoms with Gasteiger partial charge in [-0.15, -0.1) is 0 Å². The highest BCUT2D eigenvalue weighted by Crippen LogP contribution is 2.33. The number of hydrogen-bond acceptors (Lipinski definition) is 10. The van der Waals surface area contributed by atoms with E-state index in [1.54, 1.807) is 23.6 Å². The second-order valence-corrected chi connectivity index (χ2v) is 11.5. The maximum absolute atomic E-state index is 13.2. The number of carboxylic acid groups (broad SMARTS) is 1. The predicted molar refractivity (Wildman–Crippen MR) is 168 cm³/mol. The van der Waals surface area contributed by atoms with Crippen LogP contribution in [-0.2, 0) is 0 Å². The highest BCUT2D eigenvalue weighted by Gasteiger charge is 2.26. The topological polar surface area (TPSA) is 124 Å². The molecule has 2 fully saturated rings. The van der Waals surface area contributed by atoms with E-state index in [1.165, 1.54) is 10.9 Å². The van der Waals surface area contributed by atoms with Crippen LogP contribution in [0.2, 0.25) is 0 Å². The number of fused-ring (bicyclic) bond motifs is 2. The van der Waals surface area contributed by atoms with Crippen LogP contribution in [0.15, 0.2) is 71.8 Å². The van der Waals surface area contributed by atoms with Gasteiger partial charge in [-0.3, -0.25) is 9.47 Å². The van der Waals surface area contributed by atoms with Crippen molar-refractivity contribution < 1.29 is 9.90 Å². The number of nitrogens with two attached hydrogens (primary N) is 1. The average Bonchev–Trinajstić information content (AvgIpc) is 3.46. The van der Waals surface area contributed by atoms with E-state index in [-0.39, 0.29) is 5.56 Å². The van der Waals surface area contributed by atoms with Crippen molar-refractivity contribution in [2.24, 2.45) is 0 Å². The fourth-order valence-electron chi connectivity index (χ4n) is 5.84. The maximum atomic E-state index is 13.2. The molecule has 0 amide bonds. The molecule has 2 saturated heterocycles. The summed E-state index contributed by atoms with van der Waals surface area (Å²) in [7, 11) is 0. The largest absolute Gasteiger partial charge is 0.477 e. The Morgan fingerprint density at radius 3 is 2.31 bits per heavy atom. The number of aromatic nitrogens is 3. The number of nitrogen functional groups attached to an aromatic ring is 1. The van der Waals surface area contributed by atoms with E-state index in [0.29, 0.717) is 42.8 Å². The summed E-state index contributed by atoms with van der Waals surface area (Å²) in [4.78, 5) is 41.3. The molecule has 0 radical (unpaired) electrons. The number of benzene rings is 2. The zero-order chi connectivity index (χ0) is 28.8. The van der Waals surface area contributed by atoms with Crippen molar-refractivity contribution >= 4 is 60.7 Å². The molecule has 0 saturated carbocycles. The summed E-state index contributed by atoms with van der Waals surface area (Å²) < 4.78 is 3.00. The number of aromatic carboxylic acids is 1. The van der Waals surface area contributed by atoms with Gasteiger partial charge in [0.15, 0.2) is 5.13 Å². The average molecular weight is 583 g/mol. The van der Waals surface area contributed by atoms with Gasteiger partial charge in [0.1, 0.15) is 11.4 Å². The summed E-state index contributed by atoms with van der Waals surface area (Å²) >= 11 is 1.70. The molecule has 3 aromatic heterocycles. The number of pyridine rings is 2. The molecule has 2 aliphatic heterocycles. The van der Waals surface area contributed by atoms with E-state index in [1.807, 2.05) is 47.1 Å². The summed E-state index contributed by atoms with van der Waals surface area (Å²) in [6.45, 7) is 5.75. The first-order valence-corrected chi connectivity index (χ1v) is 14.8. The molecule has 12 heteroatoms. The summed E-state index contributed by atoms with van der Waals surface area (Å²) in [6.07, 6.45) is 3.23. The molecule has 214 valence electrons. The van der Waals surface area contributed by atoms with Gasteiger partial charge < -0.3 is 30.5 Å². The van der Waals surface area contributed by atoms with Crippen molar-refractivity contribution in [3.63, 3.8) is 0 Å². The lowest BCUT2D eigenvalue weighted by atomic mass is 10.1. The van der Waals surface area contributed by atoms with Crippen LogP contribution in [0, 0.1) is 0 Å². The Hall–Kier alpha value is -4.84. The predicted octanol–water partition coefficient (Wildman–Crippen LogP) is 3.07. The molecule has 0 aliphatic carbocycles.